The molecule has 0 aliphatic heterocycles. The molecule has 2 rings (SSSR count). The number of halogens is 1. The molecule has 0 spiro atoms. The summed E-state index contributed by atoms with van der Waals surface area (Å²) in [7, 11) is 0. The van der Waals surface area contributed by atoms with Crippen LogP contribution in [0.15, 0.2) is 48.5 Å². The van der Waals surface area contributed by atoms with Crippen molar-refractivity contribution in [3.8, 4) is 5.75 Å². The molecule has 0 aliphatic rings. The highest BCUT2D eigenvalue weighted by Crippen LogP contribution is 2.23. The molecule has 0 saturated carbocycles. The number of rotatable bonds is 5. The Morgan fingerprint density at radius 3 is 2.57 bits per heavy atom. The first-order valence-electron chi connectivity index (χ1n) is 6.59. The van der Waals surface area contributed by atoms with Crippen LogP contribution in [0.5, 0.6) is 5.75 Å². The Hall–Kier alpha value is -2.40. The lowest BCUT2D eigenvalue weighted by molar-refractivity contribution is -0.118. The van der Waals surface area contributed by atoms with Gasteiger partial charge in [-0.1, -0.05) is 18.2 Å². The van der Waals surface area contributed by atoms with Crippen LogP contribution >= 0.6 is 0 Å². The summed E-state index contributed by atoms with van der Waals surface area (Å²) >= 11 is 0. The lowest BCUT2D eigenvalue weighted by Gasteiger charge is -2.13. The maximum atomic E-state index is 12.8. The summed E-state index contributed by atoms with van der Waals surface area (Å²) in [5, 5.41) is 2.63. The molecule has 0 heterocycles. The van der Waals surface area contributed by atoms with Crippen LogP contribution < -0.4 is 15.8 Å². The van der Waals surface area contributed by atoms with Crippen molar-refractivity contribution < 1.29 is 13.9 Å². The van der Waals surface area contributed by atoms with Crippen LogP contribution in [-0.2, 0) is 4.79 Å². The molecule has 5 heteroatoms. The number of nitrogens with one attached hydrogen (secondary N) is 1. The highest BCUT2D eigenvalue weighted by Gasteiger charge is 2.09. The monoisotopic (exact) mass is 288 g/mol. The second-order valence-corrected chi connectivity index (χ2v) is 4.67. The number of carbonyl (C=O) groups excluding carboxylic acids is 1. The van der Waals surface area contributed by atoms with Gasteiger partial charge in [0.15, 0.2) is 6.61 Å². The first-order valence-corrected chi connectivity index (χ1v) is 6.59. The molecule has 0 unspecified atom stereocenters. The zero-order chi connectivity index (χ0) is 15.2. The molecule has 21 heavy (non-hydrogen) atoms. The molecule has 0 radical (unpaired) electrons. The maximum Gasteiger partial charge on any atom is 0.262 e. The van der Waals surface area contributed by atoms with Crippen LogP contribution in [0.25, 0.3) is 0 Å². The Labute approximate surface area is 122 Å². The van der Waals surface area contributed by atoms with Crippen LogP contribution in [0.4, 0.5) is 10.1 Å². The highest BCUT2D eigenvalue weighted by atomic mass is 19.1. The molecule has 0 bridgehead atoms. The van der Waals surface area contributed by atoms with Gasteiger partial charge in [-0.15, -0.1) is 0 Å². The van der Waals surface area contributed by atoms with Crippen molar-refractivity contribution in [3.05, 3.63) is 59.9 Å². The molecule has 110 valence electrons. The van der Waals surface area contributed by atoms with E-state index >= 15 is 0 Å². The lowest BCUT2D eigenvalue weighted by atomic mass is 10.1. The largest absolute Gasteiger partial charge is 0.483 e. The van der Waals surface area contributed by atoms with Crippen LogP contribution in [0.2, 0.25) is 0 Å². The fourth-order valence-electron chi connectivity index (χ4n) is 1.86. The molecule has 0 aliphatic carbocycles. The molecule has 2 aromatic carbocycles. The van der Waals surface area contributed by atoms with E-state index in [9.17, 15) is 9.18 Å². The van der Waals surface area contributed by atoms with Crippen LogP contribution in [0.1, 0.15) is 18.5 Å². The fourth-order valence-corrected chi connectivity index (χ4v) is 1.86. The molecule has 2 aromatic rings. The average Bonchev–Trinajstić information content (AvgIpc) is 2.48. The second-order valence-electron chi connectivity index (χ2n) is 4.67. The van der Waals surface area contributed by atoms with E-state index in [4.69, 9.17) is 10.5 Å². The van der Waals surface area contributed by atoms with Gasteiger partial charge < -0.3 is 15.8 Å². The van der Waals surface area contributed by atoms with Crippen molar-refractivity contribution in [1.82, 2.24) is 0 Å². The predicted molar refractivity (Wildman–Crippen MR) is 79.6 cm³/mol. The normalized spacial score (nSPS) is 11.8. The van der Waals surface area contributed by atoms with Crippen LogP contribution in [0, 0.1) is 5.82 Å². The van der Waals surface area contributed by atoms with Crippen molar-refractivity contribution in [1.29, 1.82) is 0 Å². The predicted octanol–water partition coefficient (Wildman–Crippen LogP) is 2.86. The SMILES string of the molecule is C[C@@H](N)c1ccccc1OCC(=O)Nc1ccc(F)cc1. The number of nitrogens with two attached hydrogens (primary N) is 1. The van der Waals surface area contributed by atoms with Gasteiger partial charge in [0.05, 0.1) is 0 Å². The van der Waals surface area contributed by atoms with Crippen LogP contribution in [0.3, 0.4) is 0 Å². The number of hydrogen-bond acceptors (Lipinski definition) is 3. The first-order chi connectivity index (χ1) is 10.1. The zero-order valence-electron chi connectivity index (χ0n) is 11.7. The number of hydrogen-bond donors (Lipinski definition) is 2. The van der Waals surface area contributed by atoms with Crippen LogP contribution in [-0.4, -0.2) is 12.5 Å². The minimum absolute atomic E-state index is 0.138. The molecule has 4 nitrogen and oxygen atoms in total. The summed E-state index contributed by atoms with van der Waals surface area (Å²) in [4.78, 5) is 11.8. The van der Waals surface area contributed by atoms with Gasteiger partial charge in [-0.3, -0.25) is 4.79 Å². The zero-order valence-corrected chi connectivity index (χ0v) is 11.7. The maximum absolute atomic E-state index is 12.8. The molecule has 0 fully saturated rings. The van der Waals surface area contributed by atoms with Gasteiger partial charge in [-0.25, -0.2) is 4.39 Å². The highest BCUT2D eigenvalue weighted by molar-refractivity contribution is 5.91. The number of amides is 1. The lowest BCUT2D eigenvalue weighted by Crippen LogP contribution is -2.21. The third-order valence-electron chi connectivity index (χ3n) is 2.90. The molecule has 0 saturated heterocycles. The number of benzene rings is 2. The topological polar surface area (TPSA) is 64.3 Å². The smallest absolute Gasteiger partial charge is 0.262 e. The van der Waals surface area contributed by atoms with Gasteiger partial charge in [0.1, 0.15) is 11.6 Å². The summed E-state index contributed by atoms with van der Waals surface area (Å²) in [6, 6.07) is 12.7. The third kappa shape index (κ3) is 4.29. The minimum Gasteiger partial charge on any atom is -0.483 e. The quantitative estimate of drug-likeness (QED) is 0.889. The summed E-state index contributed by atoms with van der Waals surface area (Å²) in [5.74, 6) is -0.0852. The first kappa shape index (κ1) is 15.0. The van der Waals surface area contributed by atoms with Gasteiger partial charge in [0, 0.05) is 17.3 Å². The summed E-state index contributed by atoms with van der Waals surface area (Å²) < 4.78 is 18.3. The molecule has 3 N–H and O–H groups in total. The molecular weight excluding hydrogens is 271 g/mol. The van der Waals surface area contributed by atoms with Gasteiger partial charge in [0.25, 0.3) is 5.91 Å². The van der Waals surface area contributed by atoms with Gasteiger partial charge >= 0.3 is 0 Å². The van der Waals surface area contributed by atoms with E-state index < -0.39 is 0 Å². The number of anilines is 1. The van der Waals surface area contributed by atoms with E-state index in [-0.39, 0.29) is 24.4 Å². The van der Waals surface area contributed by atoms with Gasteiger partial charge in [-0.2, -0.15) is 0 Å². The van der Waals surface area contributed by atoms with Crippen molar-refractivity contribution in [2.75, 3.05) is 11.9 Å². The van der Waals surface area contributed by atoms with E-state index in [0.717, 1.165) is 5.56 Å². The molecule has 0 aromatic heterocycles. The second kappa shape index (κ2) is 6.85. The van der Waals surface area contributed by atoms with Crippen molar-refractivity contribution in [2.24, 2.45) is 5.73 Å². The van der Waals surface area contributed by atoms with Gasteiger partial charge in [-0.05, 0) is 37.3 Å². The Morgan fingerprint density at radius 1 is 1.24 bits per heavy atom. The Balaban J connectivity index is 1.94. The molecule has 1 amide bonds. The van der Waals surface area contributed by atoms with E-state index in [2.05, 4.69) is 5.32 Å². The molecular formula is C16H17FN2O2. The fraction of sp³-hybridized carbons (Fsp3) is 0.188. The number of ether oxygens (including phenoxy) is 1. The number of para-hydroxylation sites is 1. The van der Waals surface area contributed by atoms with Gasteiger partial charge in [0.2, 0.25) is 0 Å². The Bertz CT molecular complexity index is 612. The van der Waals surface area contributed by atoms with Crippen molar-refractivity contribution >= 4 is 11.6 Å². The minimum atomic E-state index is -0.352. The van der Waals surface area contributed by atoms with Crippen molar-refractivity contribution in [3.63, 3.8) is 0 Å². The Kier molecular flexibility index (Phi) is 4.90. The standard InChI is InChI=1S/C16H17FN2O2/c1-11(18)14-4-2-3-5-15(14)21-10-16(20)19-13-8-6-12(17)7-9-13/h2-9,11H,10,18H2,1H3,(H,19,20)/t11-/m1/s1. The van der Waals surface area contributed by atoms with E-state index in [1.807, 2.05) is 25.1 Å². The van der Waals surface area contributed by atoms with Crippen molar-refractivity contribution in [2.45, 2.75) is 13.0 Å². The average molecular weight is 288 g/mol. The van der Waals surface area contributed by atoms with E-state index in [1.54, 1.807) is 6.07 Å². The van der Waals surface area contributed by atoms with E-state index in [0.29, 0.717) is 11.4 Å². The summed E-state index contributed by atoms with van der Waals surface area (Å²) in [6.07, 6.45) is 0. The molecule has 1 atom stereocenters. The Morgan fingerprint density at radius 2 is 1.90 bits per heavy atom. The summed E-state index contributed by atoms with van der Waals surface area (Å²) in [6.45, 7) is 1.71. The number of carbonyl (C=O) groups is 1. The summed E-state index contributed by atoms with van der Waals surface area (Å²) in [5.41, 5.74) is 7.20. The van der Waals surface area contributed by atoms with E-state index in [1.165, 1.54) is 24.3 Å². The third-order valence-corrected chi connectivity index (χ3v) is 2.90.